The van der Waals surface area contributed by atoms with Crippen LogP contribution in [0.5, 0.6) is 0 Å². The van der Waals surface area contributed by atoms with Crippen LogP contribution in [0.25, 0.3) is 10.9 Å². The van der Waals surface area contributed by atoms with Gasteiger partial charge in [-0.3, -0.25) is 9.48 Å². The molecule has 124 valence electrons. The Morgan fingerprint density at radius 3 is 3.12 bits per heavy atom. The third-order valence-corrected chi connectivity index (χ3v) is 4.63. The molecule has 1 aliphatic rings. The number of amides is 1. The van der Waals surface area contributed by atoms with E-state index in [1.807, 2.05) is 24.3 Å². The van der Waals surface area contributed by atoms with Gasteiger partial charge in [-0.05, 0) is 29.5 Å². The smallest absolute Gasteiger partial charge is 0.227 e. The molecule has 0 aliphatic carbocycles. The van der Waals surface area contributed by atoms with Gasteiger partial charge in [-0.2, -0.15) is 5.10 Å². The lowest BCUT2D eigenvalue weighted by Gasteiger charge is -2.32. The third kappa shape index (κ3) is 2.92. The third-order valence-electron chi connectivity index (χ3n) is 4.63. The van der Waals surface area contributed by atoms with Crippen LogP contribution in [-0.4, -0.2) is 33.3 Å². The molecular weight excluding hydrogens is 302 g/mol. The second-order valence-electron chi connectivity index (χ2n) is 6.39. The number of nitrogens with one attached hydrogen (secondary N) is 2. The van der Waals surface area contributed by atoms with Crippen LogP contribution in [0.15, 0.2) is 42.9 Å². The highest BCUT2D eigenvalue weighted by Crippen LogP contribution is 2.21. The lowest BCUT2D eigenvalue weighted by Crippen LogP contribution is -2.48. The molecule has 0 saturated carbocycles. The predicted octanol–water partition coefficient (Wildman–Crippen LogP) is 2.19. The summed E-state index contributed by atoms with van der Waals surface area (Å²) in [7, 11) is 1.87. The number of rotatable bonds is 4. The molecule has 1 aliphatic heterocycles. The molecule has 1 unspecified atom stereocenters. The van der Waals surface area contributed by atoms with Crippen molar-refractivity contribution in [1.29, 1.82) is 0 Å². The monoisotopic (exact) mass is 323 g/mol. The summed E-state index contributed by atoms with van der Waals surface area (Å²) in [5.41, 5.74) is 3.28. The summed E-state index contributed by atoms with van der Waals surface area (Å²) in [6.07, 6.45) is 7.04. The standard InChI is InChI=1S/C18H21N5O/c1-22-12-16(10-21-22)23-11-15(4-5-18(23)24)20-9-13-2-3-14-6-7-19-17(14)8-13/h2-3,6-8,10,12,15,19-20H,4-5,9,11H2,1H3. The van der Waals surface area contributed by atoms with E-state index in [2.05, 4.69) is 39.7 Å². The first-order valence-corrected chi connectivity index (χ1v) is 8.27. The van der Waals surface area contributed by atoms with Crippen molar-refractivity contribution < 1.29 is 4.79 Å². The van der Waals surface area contributed by atoms with Crippen LogP contribution in [0, 0.1) is 0 Å². The molecule has 2 aromatic heterocycles. The second-order valence-corrected chi connectivity index (χ2v) is 6.39. The summed E-state index contributed by atoms with van der Waals surface area (Å²) in [6.45, 7) is 1.49. The lowest BCUT2D eigenvalue weighted by molar-refractivity contribution is -0.119. The lowest BCUT2D eigenvalue weighted by atomic mass is 10.0. The number of aromatic amines is 1. The Hall–Kier alpha value is -2.60. The minimum atomic E-state index is 0.175. The Kier molecular flexibility index (Phi) is 3.82. The molecule has 0 radical (unpaired) electrons. The van der Waals surface area contributed by atoms with Gasteiger partial charge in [-0.1, -0.05) is 12.1 Å². The number of aromatic nitrogens is 3. The number of fused-ring (bicyclic) bond motifs is 1. The molecule has 1 saturated heterocycles. The Morgan fingerprint density at radius 2 is 2.29 bits per heavy atom. The van der Waals surface area contributed by atoms with Crippen LogP contribution in [0.1, 0.15) is 18.4 Å². The Morgan fingerprint density at radius 1 is 1.38 bits per heavy atom. The fraction of sp³-hybridized carbons (Fsp3) is 0.333. The molecule has 6 nitrogen and oxygen atoms in total. The number of hydrogen-bond acceptors (Lipinski definition) is 3. The van der Waals surface area contributed by atoms with Crippen molar-refractivity contribution in [3.63, 3.8) is 0 Å². The molecule has 1 atom stereocenters. The van der Waals surface area contributed by atoms with Gasteiger partial charge in [0.25, 0.3) is 0 Å². The summed E-state index contributed by atoms with van der Waals surface area (Å²) in [5.74, 6) is 0.175. The maximum absolute atomic E-state index is 12.2. The Labute approximate surface area is 140 Å². The zero-order valence-corrected chi connectivity index (χ0v) is 13.7. The number of nitrogens with zero attached hydrogens (tertiary/aromatic N) is 3. The van der Waals surface area contributed by atoms with Crippen LogP contribution in [0.3, 0.4) is 0 Å². The van der Waals surface area contributed by atoms with Gasteiger partial charge in [0.2, 0.25) is 5.91 Å². The minimum absolute atomic E-state index is 0.175. The van der Waals surface area contributed by atoms with Gasteiger partial charge in [-0.25, -0.2) is 0 Å². The van der Waals surface area contributed by atoms with Crippen molar-refractivity contribution in [3.8, 4) is 0 Å². The number of benzene rings is 1. The van der Waals surface area contributed by atoms with E-state index in [4.69, 9.17) is 0 Å². The molecule has 24 heavy (non-hydrogen) atoms. The number of aryl methyl sites for hydroxylation is 1. The number of carbonyl (C=O) groups excluding carboxylic acids is 1. The van der Waals surface area contributed by atoms with Crippen molar-refractivity contribution in [1.82, 2.24) is 20.1 Å². The van der Waals surface area contributed by atoms with Crippen LogP contribution in [0.4, 0.5) is 5.69 Å². The average molecular weight is 323 g/mol. The van der Waals surface area contributed by atoms with E-state index in [1.165, 1.54) is 10.9 Å². The maximum atomic E-state index is 12.2. The van der Waals surface area contributed by atoms with E-state index >= 15 is 0 Å². The number of hydrogen-bond donors (Lipinski definition) is 2. The fourth-order valence-corrected chi connectivity index (χ4v) is 3.28. The van der Waals surface area contributed by atoms with Gasteiger partial charge in [0.05, 0.1) is 11.9 Å². The van der Waals surface area contributed by atoms with Crippen molar-refractivity contribution in [3.05, 3.63) is 48.4 Å². The second kappa shape index (κ2) is 6.13. The maximum Gasteiger partial charge on any atom is 0.227 e. The van der Waals surface area contributed by atoms with E-state index in [9.17, 15) is 4.79 Å². The molecule has 0 spiro atoms. The normalized spacial score (nSPS) is 18.5. The first-order chi connectivity index (χ1) is 11.7. The molecule has 1 fully saturated rings. The zero-order chi connectivity index (χ0) is 16.5. The van der Waals surface area contributed by atoms with Crippen molar-refractivity contribution in [2.75, 3.05) is 11.4 Å². The molecule has 3 heterocycles. The van der Waals surface area contributed by atoms with Gasteiger partial charge in [0.15, 0.2) is 0 Å². The summed E-state index contributed by atoms with van der Waals surface area (Å²) in [4.78, 5) is 17.3. The molecule has 4 rings (SSSR count). The number of H-pyrrole nitrogens is 1. The van der Waals surface area contributed by atoms with Gasteiger partial charge in [0.1, 0.15) is 0 Å². The number of carbonyl (C=O) groups is 1. The topological polar surface area (TPSA) is 65.9 Å². The molecule has 6 heteroatoms. The van der Waals surface area contributed by atoms with E-state index in [1.54, 1.807) is 10.9 Å². The highest BCUT2D eigenvalue weighted by atomic mass is 16.2. The van der Waals surface area contributed by atoms with Crippen LogP contribution in [-0.2, 0) is 18.4 Å². The van der Waals surface area contributed by atoms with Gasteiger partial charge < -0.3 is 15.2 Å². The first kappa shape index (κ1) is 15.0. The average Bonchev–Trinajstić information content (AvgIpc) is 3.22. The largest absolute Gasteiger partial charge is 0.361 e. The first-order valence-electron chi connectivity index (χ1n) is 8.27. The van der Waals surface area contributed by atoms with Gasteiger partial charge in [0, 0.05) is 50.5 Å². The highest BCUT2D eigenvalue weighted by Gasteiger charge is 2.27. The van der Waals surface area contributed by atoms with Gasteiger partial charge in [-0.15, -0.1) is 0 Å². The number of piperidine rings is 1. The minimum Gasteiger partial charge on any atom is -0.361 e. The van der Waals surface area contributed by atoms with Crippen molar-refractivity contribution in [2.24, 2.45) is 7.05 Å². The summed E-state index contributed by atoms with van der Waals surface area (Å²) >= 11 is 0. The fourth-order valence-electron chi connectivity index (χ4n) is 3.28. The predicted molar refractivity (Wildman–Crippen MR) is 93.7 cm³/mol. The molecule has 2 N–H and O–H groups in total. The quantitative estimate of drug-likeness (QED) is 0.773. The Balaban J connectivity index is 1.41. The Bertz CT molecular complexity index is 865. The van der Waals surface area contributed by atoms with E-state index in [-0.39, 0.29) is 5.91 Å². The molecule has 0 bridgehead atoms. The van der Waals surface area contributed by atoms with Crippen molar-refractivity contribution >= 4 is 22.5 Å². The van der Waals surface area contributed by atoms with Crippen molar-refractivity contribution in [2.45, 2.75) is 25.4 Å². The summed E-state index contributed by atoms with van der Waals surface area (Å²) in [6, 6.07) is 8.83. The van der Waals surface area contributed by atoms with E-state index < -0.39 is 0 Å². The highest BCUT2D eigenvalue weighted by molar-refractivity contribution is 5.94. The number of anilines is 1. The van der Waals surface area contributed by atoms with Gasteiger partial charge >= 0.3 is 0 Å². The molecule has 1 amide bonds. The van der Waals surface area contributed by atoms with E-state index in [0.29, 0.717) is 19.0 Å². The van der Waals surface area contributed by atoms with Crippen LogP contribution >= 0.6 is 0 Å². The summed E-state index contributed by atoms with van der Waals surface area (Å²) < 4.78 is 1.73. The molecule has 1 aromatic carbocycles. The SMILES string of the molecule is Cn1cc(N2CC(NCc3ccc4cc[nH]c4c3)CCC2=O)cn1. The molecular formula is C18H21N5O. The van der Waals surface area contributed by atoms with E-state index in [0.717, 1.165) is 24.2 Å². The summed E-state index contributed by atoms with van der Waals surface area (Å²) in [5, 5.41) is 8.98. The van der Waals surface area contributed by atoms with Crippen LogP contribution < -0.4 is 10.2 Å². The molecule has 3 aromatic rings. The van der Waals surface area contributed by atoms with Crippen LogP contribution in [0.2, 0.25) is 0 Å². The zero-order valence-electron chi connectivity index (χ0n) is 13.7.